The van der Waals surface area contributed by atoms with Crippen LogP contribution >= 0.6 is 0 Å². The fraction of sp³-hybridized carbons (Fsp3) is 0.750. The maximum Gasteiger partial charge on any atom is 0.317 e. The number of carboxylic acid groups (broad SMARTS) is 1. The van der Waals surface area contributed by atoms with Crippen LogP contribution in [0.3, 0.4) is 0 Å². The van der Waals surface area contributed by atoms with Gasteiger partial charge in [-0.3, -0.25) is 4.79 Å². The first-order valence-corrected chi connectivity index (χ1v) is 6.19. The van der Waals surface area contributed by atoms with Crippen LogP contribution in [-0.2, 0) is 4.79 Å². The van der Waals surface area contributed by atoms with Crippen molar-refractivity contribution in [3.05, 3.63) is 0 Å². The number of carbonyl (C=O) groups excluding carboxylic acids is 1. The largest absolute Gasteiger partial charge is 0.481 e. The molecule has 0 aliphatic heterocycles. The van der Waals surface area contributed by atoms with Gasteiger partial charge in [-0.15, -0.1) is 0 Å². The molecule has 0 aromatic rings. The molecule has 0 radical (unpaired) electrons. The maximum atomic E-state index is 11.8. The van der Waals surface area contributed by atoms with Crippen LogP contribution < -0.4 is 5.32 Å². The van der Waals surface area contributed by atoms with E-state index in [0.29, 0.717) is 25.9 Å². The Kier molecular flexibility index (Phi) is 4.95. The Hall–Kier alpha value is -1.77. The van der Waals surface area contributed by atoms with Crippen molar-refractivity contribution in [3.8, 4) is 6.07 Å². The van der Waals surface area contributed by atoms with Gasteiger partial charge in [0.05, 0.1) is 17.9 Å². The third-order valence-corrected chi connectivity index (χ3v) is 3.50. The molecule has 6 nitrogen and oxygen atoms in total. The first-order chi connectivity index (χ1) is 8.55. The molecule has 1 rings (SSSR count). The predicted octanol–water partition coefficient (Wildman–Crippen LogP) is 1.19. The number of carbonyl (C=O) groups is 2. The number of urea groups is 1. The van der Waals surface area contributed by atoms with Crippen LogP contribution in [0.15, 0.2) is 0 Å². The van der Waals surface area contributed by atoms with Gasteiger partial charge in [-0.05, 0) is 19.8 Å². The highest BCUT2D eigenvalue weighted by Gasteiger charge is 2.44. The van der Waals surface area contributed by atoms with E-state index in [-0.39, 0.29) is 19.0 Å². The van der Waals surface area contributed by atoms with Gasteiger partial charge in [-0.2, -0.15) is 5.26 Å². The van der Waals surface area contributed by atoms with E-state index in [0.717, 1.165) is 6.42 Å². The van der Waals surface area contributed by atoms with E-state index in [4.69, 9.17) is 10.4 Å². The molecule has 0 spiro atoms. The molecular weight excluding hydrogens is 234 g/mol. The van der Waals surface area contributed by atoms with E-state index in [2.05, 4.69) is 5.32 Å². The Labute approximate surface area is 107 Å². The van der Waals surface area contributed by atoms with Crippen molar-refractivity contribution in [2.24, 2.45) is 5.41 Å². The third-order valence-electron chi connectivity index (χ3n) is 3.50. The Balaban J connectivity index is 2.44. The highest BCUT2D eigenvalue weighted by molar-refractivity contribution is 5.78. The number of hydrogen-bond acceptors (Lipinski definition) is 3. The lowest BCUT2D eigenvalue weighted by Crippen LogP contribution is -2.50. The summed E-state index contributed by atoms with van der Waals surface area (Å²) in [6.45, 7) is 2.88. The number of carboxylic acids is 1. The van der Waals surface area contributed by atoms with Crippen molar-refractivity contribution >= 4 is 12.0 Å². The zero-order valence-corrected chi connectivity index (χ0v) is 10.6. The van der Waals surface area contributed by atoms with E-state index in [1.54, 1.807) is 0 Å². The summed E-state index contributed by atoms with van der Waals surface area (Å²) >= 11 is 0. The standard InChI is InChI=1S/C12H19N3O3/c1-2-15(8-4-7-13)11(18)14-9-12(10(16)17)5-3-6-12/h2-6,8-9H2,1H3,(H,14,18)(H,16,17). The minimum Gasteiger partial charge on any atom is -0.481 e. The number of hydrogen-bond donors (Lipinski definition) is 2. The molecule has 0 atom stereocenters. The molecule has 0 bridgehead atoms. The molecule has 0 unspecified atom stereocenters. The van der Waals surface area contributed by atoms with Gasteiger partial charge in [-0.1, -0.05) is 6.42 Å². The second-order valence-corrected chi connectivity index (χ2v) is 4.59. The fourth-order valence-electron chi connectivity index (χ4n) is 2.01. The van der Waals surface area contributed by atoms with Crippen LogP contribution in [0.25, 0.3) is 0 Å². The number of rotatable bonds is 6. The third kappa shape index (κ3) is 3.13. The zero-order valence-electron chi connectivity index (χ0n) is 10.6. The SMILES string of the molecule is CCN(CCC#N)C(=O)NCC1(C(=O)O)CCC1. The van der Waals surface area contributed by atoms with Crippen LogP contribution in [0.1, 0.15) is 32.6 Å². The van der Waals surface area contributed by atoms with Crippen molar-refractivity contribution in [2.45, 2.75) is 32.6 Å². The van der Waals surface area contributed by atoms with Gasteiger partial charge in [0.2, 0.25) is 0 Å². The van der Waals surface area contributed by atoms with E-state index in [1.165, 1.54) is 4.90 Å². The van der Waals surface area contributed by atoms with Gasteiger partial charge in [0.1, 0.15) is 0 Å². The molecule has 18 heavy (non-hydrogen) atoms. The lowest BCUT2D eigenvalue weighted by atomic mass is 9.69. The van der Waals surface area contributed by atoms with E-state index >= 15 is 0 Å². The number of nitrogens with zero attached hydrogens (tertiary/aromatic N) is 2. The lowest BCUT2D eigenvalue weighted by Gasteiger charge is -2.38. The Morgan fingerprint density at radius 3 is 2.56 bits per heavy atom. The monoisotopic (exact) mass is 253 g/mol. The van der Waals surface area contributed by atoms with Crippen LogP contribution in [0.4, 0.5) is 4.79 Å². The highest BCUT2D eigenvalue weighted by atomic mass is 16.4. The smallest absolute Gasteiger partial charge is 0.317 e. The molecule has 1 aliphatic rings. The average Bonchev–Trinajstić information content (AvgIpc) is 2.28. The van der Waals surface area contributed by atoms with E-state index < -0.39 is 11.4 Å². The quantitative estimate of drug-likeness (QED) is 0.743. The molecule has 1 fully saturated rings. The first-order valence-electron chi connectivity index (χ1n) is 6.19. The van der Waals surface area contributed by atoms with Crippen molar-refractivity contribution in [1.29, 1.82) is 5.26 Å². The Morgan fingerprint density at radius 2 is 2.17 bits per heavy atom. The molecule has 2 amide bonds. The first kappa shape index (κ1) is 14.3. The number of aliphatic carboxylic acids is 1. The fourth-order valence-corrected chi connectivity index (χ4v) is 2.01. The Bertz CT molecular complexity index is 358. The predicted molar refractivity (Wildman–Crippen MR) is 64.8 cm³/mol. The van der Waals surface area contributed by atoms with Gasteiger partial charge in [-0.25, -0.2) is 4.79 Å². The van der Waals surface area contributed by atoms with Crippen LogP contribution in [0.2, 0.25) is 0 Å². The highest BCUT2D eigenvalue weighted by Crippen LogP contribution is 2.40. The van der Waals surface area contributed by atoms with Gasteiger partial charge in [0, 0.05) is 19.6 Å². The summed E-state index contributed by atoms with van der Waals surface area (Å²) in [5.41, 5.74) is -0.774. The number of nitrogens with one attached hydrogen (secondary N) is 1. The van der Waals surface area contributed by atoms with Crippen LogP contribution in [-0.4, -0.2) is 41.6 Å². The molecule has 6 heteroatoms. The van der Waals surface area contributed by atoms with Crippen molar-refractivity contribution in [2.75, 3.05) is 19.6 Å². The summed E-state index contributed by atoms with van der Waals surface area (Å²) in [7, 11) is 0. The lowest BCUT2D eigenvalue weighted by molar-refractivity contribution is -0.153. The second-order valence-electron chi connectivity index (χ2n) is 4.59. The maximum absolute atomic E-state index is 11.8. The van der Waals surface area contributed by atoms with Crippen molar-refractivity contribution in [3.63, 3.8) is 0 Å². The van der Waals surface area contributed by atoms with Gasteiger partial charge in [0.25, 0.3) is 0 Å². The number of nitriles is 1. The van der Waals surface area contributed by atoms with Crippen molar-refractivity contribution < 1.29 is 14.7 Å². The minimum absolute atomic E-state index is 0.171. The molecule has 100 valence electrons. The zero-order chi connectivity index (χ0) is 13.6. The normalized spacial score (nSPS) is 16.2. The molecule has 1 saturated carbocycles. The summed E-state index contributed by atoms with van der Waals surface area (Å²) < 4.78 is 0. The van der Waals surface area contributed by atoms with Gasteiger partial charge >= 0.3 is 12.0 Å². The van der Waals surface area contributed by atoms with Crippen LogP contribution in [0, 0.1) is 16.7 Å². The molecule has 0 heterocycles. The van der Waals surface area contributed by atoms with E-state index in [1.807, 2.05) is 13.0 Å². The number of amides is 2. The second kappa shape index (κ2) is 6.24. The molecule has 0 saturated heterocycles. The minimum atomic E-state index is -0.839. The topological polar surface area (TPSA) is 93.4 Å². The Morgan fingerprint density at radius 1 is 1.50 bits per heavy atom. The summed E-state index contributed by atoms with van der Waals surface area (Å²) in [5, 5.41) is 20.3. The average molecular weight is 253 g/mol. The molecule has 0 aromatic heterocycles. The summed E-state index contributed by atoms with van der Waals surface area (Å²) in [5.74, 6) is -0.839. The van der Waals surface area contributed by atoms with E-state index in [9.17, 15) is 9.59 Å². The van der Waals surface area contributed by atoms with Gasteiger partial charge < -0.3 is 15.3 Å². The van der Waals surface area contributed by atoms with Crippen molar-refractivity contribution in [1.82, 2.24) is 10.2 Å². The molecule has 2 N–H and O–H groups in total. The summed E-state index contributed by atoms with van der Waals surface area (Å²) in [4.78, 5) is 24.4. The summed E-state index contributed by atoms with van der Waals surface area (Å²) in [6, 6.07) is 1.69. The molecule has 1 aliphatic carbocycles. The van der Waals surface area contributed by atoms with Gasteiger partial charge in [0.15, 0.2) is 0 Å². The molecule has 0 aromatic carbocycles. The molecular formula is C12H19N3O3. The summed E-state index contributed by atoms with van der Waals surface area (Å²) in [6.07, 6.45) is 2.42. The van der Waals surface area contributed by atoms with Crippen LogP contribution in [0.5, 0.6) is 0 Å².